The number of nitro benzene ring substituents is 1. The third-order valence-corrected chi connectivity index (χ3v) is 5.27. The molecule has 0 atom stereocenters. The first-order chi connectivity index (χ1) is 14.8. The maximum Gasteiger partial charge on any atom is 0.362 e. The summed E-state index contributed by atoms with van der Waals surface area (Å²) in [6.45, 7) is -0.219. The molecule has 0 unspecified atom stereocenters. The van der Waals surface area contributed by atoms with E-state index in [2.05, 4.69) is 4.98 Å². The Morgan fingerprint density at radius 1 is 1.13 bits per heavy atom. The van der Waals surface area contributed by atoms with Gasteiger partial charge in [-0.2, -0.15) is 0 Å². The zero-order valence-corrected chi connectivity index (χ0v) is 16.2. The molecule has 5 aromatic rings. The first-order valence-electron chi connectivity index (χ1n) is 8.96. The SMILES string of the molecule is O=c1oc2ncc(Cl)cc2c2c3cc(F)ccc3n(Cc3cc([N+](=O)[O-])ccc3F)c12. The molecular weight excluding hydrogens is 432 g/mol. The second-order valence-electron chi connectivity index (χ2n) is 6.90. The quantitative estimate of drug-likeness (QED) is 0.284. The molecular formula is C21H10ClF2N3O4. The molecule has 3 heterocycles. The summed E-state index contributed by atoms with van der Waals surface area (Å²) in [5.74, 6) is -1.22. The van der Waals surface area contributed by atoms with Crippen LogP contribution in [0.15, 0.2) is 57.9 Å². The van der Waals surface area contributed by atoms with Gasteiger partial charge in [0.25, 0.3) is 5.69 Å². The van der Waals surface area contributed by atoms with Crippen molar-refractivity contribution in [3.63, 3.8) is 0 Å². The van der Waals surface area contributed by atoms with Crippen molar-refractivity contribution < 1.29 is 18.1 Å². The highest BCUT2D eigenvalue weighted by atomic mass is 35.5. The van der Waals surface area contributed by atoms with E-state index in [1.807, 2.05) is 0 Å². The van der Waals surface area contributed by atoms with Crippen molar-refractivity contribution in [1.29, 1.82) is 0 Å². The molecule has 3 aromatic heterocycles. The summed E-state index contributed by atoms with van der Waals surface area (Å²) < 4.78 is 35.3. The lowest BCUT2D eigenvalue weighted by Gasteiger charge is -2.08. The molecule has 0 aliphatic rings. The van der Waals surface area contributed by atoms with Crippen molar-refractivity contribution in [3.05, 3.63) is 91.4 Å². The number of fused-ring (bicyclic) bond motifs is 5. The van der Waals surface area contributed by atoms with E-state index in [0.29, 0.717) is 21.7 Å². The third-order valence-electron chi connectivity index (χ3n) is 5.06. The maximum atomic E-state index is 14.5. The summed E-state index contributed by atoms with van der Waals surface area (Å²) in [4.78, 5) is 27.3. The molecule has 7 nitrogen and oxygen atoms in total. The van der Waals surface area contributed by atoms with Crippen LogP contribution in [-0.2, 0) is 6.54 Å². The molecule has 0 amide bonds. The topological polar surface area (TPSA) is 91.2 Å². The standard InChI is InChI=1S/C21H10ClF2N3O4/c22-11-6-15-18-14-7-12(23)1-4-17(14)26(19(18)21(28)31-20(15)25-8-11)9-10-5-13(27(29)30)2-3-16(10)24/h1-8H,9H2. The molecule has 0 spiro atoms. The van der Waals surface area contributed by atoms with Gasteiger partial charge >= 0.3 is 5.63 Å². The van der Waals surface area contributed by atoms with E-state index in [0.717, 1.165) is 18.2 Å². The van der Waals surface area contributed by atoms with Crippen LogP contribution < -0.4 is 5.63 Å². The van der Waals surface area contributed by atoms with Gasteiger partial charge < -0.3 is 8.98 Å². The largest absolute Gasteiger partial charge is 0.402 e. The maximum absolute atomic E-state index is 14.5. The Morgan fingerprint density at radius 3 is 2.71 bits per heavy atom. The van der Waals surface area contributed by atoms with Crippen LogP contribution in [0.5, 0.6) is 0 Å². The van der Waals surface area contributed by atoms with Crippen LogP contribution >= 0.6 is 11.6 Å². The Balaban J connectivity index is 1.90. The minimum absolute atomic E-state index is 0.0129. The van der Waals surface area contributed by atoms with Gasteiger partial charge in [0, 0.05) is 45.6 Å². The van der Waals surface area contributed by atoms with Gasteiger partial charge in [0.2, 0.25) is 5.71 Å². The highest BCUT2D eigenvalue weighted by molar-refractivity contribution is 6.32. The van der Waals surface area contributed by atoms with Crippen LogP contribution in [0.2, 0.25) is 5.02 Å². The van der Waals surface area contributed by atoms with Crippen molar-refractivity contribution in [2.24, 2.45) is 0 Å². The predicted molar refractivity (Wildman–Crippen MR) is 110 cm³/mol. The van der Waals surface area contributed by atoms with E-state index < -0.39 is 22.2 Å². The Hall–Kier alpha value is -3.85. The molecule has 154 valence electrons. The lowest BCUT2D eigenvalue weighted by atomic mass is 10.1. The van der Waals surface area contributed by atoms with E-state index in [9.17, 15) is 23.7 Å². The zero-order valence-electron chi connectivity index (χ0n) is 15.4. The van der Waals surface area contributed by atoms with Gasteiger partial charge in [0.15, 0.2) is 0 Å². The summed E-state index contributed by atoms with van der Waals surface area (Å²) in [5, 5.41) is 12.5. The van der Waals surface area contributed by atoms with Gasteiger partial charge in [0.1, 0.15) is 17.2 Å². The zero-order chi connectivity index (χ0) is 21.9. The van der Waals surface area contributed by atoms with Gasteiger partial charge in [-0.05, 0) is 30.3 Å². The van der Waals surface area contributed by atoms with Crippen molar-refractivity contribution in [2.75, 3.05) is 0 Å². The summed E-state index contributed by atoms with van der Waals surface area (Å²) in [6, 6.07) is 8.57. The number of benzene rings is 2. The van der Waals surface area contributed by atoms with Gasteiger partial charge in [-0.3, -0.25) is 10.1 Å². The van der Waals surface area contributed by atoms with Crippen LogP contribution in [0.1, 0.15) is 5.56 Å². The molecule has 0 N–H and O–H groups in total. The Morgan fingerprint density at radius 2 is 1.94 bits per heavy atom. The number of rotatable bonds is 3. The van der Waals surface area contributed by atoms with Crippen LogP contribution in [0.25, 0.3) is 32.9 Å². The monoisotopic (exact) mass is 441 g/mol. The smallest absolute Gasteiger partial charge is 0.362 e. The van der Waals surface area contributed by atoms with E-state index in [4.69, 9.17) is 16.0 Å². The third kappa shape index (κ3) is 3.01. The summed E-state index contributed by atoms with van der Waals surface area (Å²) in [7, 11) is 0. The van der Waals surface area contributed by atoms with E-state index in [-0.39, 0.29) is 34.0 Å². The number of nitrogens with zero attached hydrogens (tertiary/aromatic N) is 3. The lowest BCUT2D eigenvalue weighted by molar-refractivity contribution is -0.385. The van der Waals surface area contributed by atoms with Crippen molar-refractivity contribution in [3.8, 4) is 0 Å². The van der Waals surface area contributed by atoms with Crippen molar-refractivity contribution in [1.82, 2.24) is 9.55 Å². The highest BCUT2D eigenvalue weighted by Gasteiger charge is 2.21. The average molecular weight is 442 g/mol. The van der Waals surface area contributed by atoms with E-state index in [1.165, 1.54) is 35.0 Å². The molecule has 0 aliphatic carbocycles. The Kier molecular flexibility index (Phi) is 4.23. The number of halogens is 3. The molecule has 0 radical (unpaired) electrons. The van der Waals surface area contributed by atoms with Crippen LogP contribution in [0, 0.1) is 21.7 Å². The fourth-order valence-electron chi connectivity index (χ4n) is 3.77. The Labute approximate surface area is 176 Å². The lowest BCUT2D eigenvalue weighted by Crippen LogP contribution is -2.10. The normalized spacial score (nSPS) is 11.6. The molecule has 0 bridgehead atoms. The van der Waals surface area contributed by atoms with Gasteiger partial charge in [-0.15, -0.1) is 0 Å². The Bertz CT molecular complexity index is 1610. The van der Waals surface area contributed by atoms with E-state index >= 15 is 0 Å². The average Bonchev–Trinajstić information content (AvgIpc) is 3.04. The van der Waals surface area contributed by atoms with Gasteiger partial charge in [-0.1, -0.05) is 11.6 Å². The summed E-state index contributed by atoms with van der Waals surface area (Å²) >= 11 is 6.07. The molecule has 0 saturated heterocycles. The molecule has 10 heteroatoms. The first kappa shape index (κ1) is 19.1. The predicted octanol–water partition coefficient (Wildman–Crippen LogP) is 5.18. The fraction of sp³-hybridized carbons (Fsp3) is 0.0476. The van der Waals surface area contributed by atoms with Crippen LogP contribution in [0.3, 0.4) is 0 Å². The minimum atomic E-state index is -0.764. The molecule has 0 aliphatic heterocycles. The molecule has 0 saturated carbocycles. The highest BCUT2D eigenvalue weighted by Crippen LogP contribution is 2.34. The number of non-ortho nitro benzene ring substituents is 1. The molecule has 0 fully saturated rings. The first-order valence-corrected chi connectivity index (χ1v) is 9.34. The minimum Gasteiger partial charge on any atom is -0.402 e. The van der Waals surface area contributed by atoms with Gasteiger partial charge in [-0.25, -0.2) is 18.6 Å². The van der Waals surface area contributed by atoms with Crippen LogP contribution in [-0.4, -0.2) is 14.5 Å². The van der Waals surface area contributed by atoms with Gasteiger partial charge in [0.05, 0.1) is 16.5 Å². The molecule has 31 heavy (non-hydrogen) atoms. The number of nitro groups is 1. The summed E-state index contributed by atoms with van der Waals surface area (Å²) in [5.41, 5.74) is -0.589. The van der Waals surface area contributed by atoms with Crippen molar-refractivity contribution >= 4 is 50.2 Å². The van der Waals surface area contributed by atoms with Crippen molar-refractivity contribution in [2.45, 2.75) is 6.54 Å². The second-order valence-corrected chi connectivity index (χ2v) is 7.34. The molecule has 2 aromatic carbocycles. The van der Waals surface area contributed by atoms with E-state index in [1.54, 1.807) is 0 Å². The second kappa shape index (κ2) is 6.85. The number of aromatic nitrogens is 2. The number of pyridine rings is 1. The molecule has 5 rings (SSSR count). The number of hydrogen-bond acceptors (Lipinski definition) is 5. The fourth-order valence-corrected chi connectivity index (χ4v) is 3.92. The number of hydrogen-bond donors (Lipinski definition) is 0. The van der Waals surface area contributed by atoms with Crippen LogP contribution in [0.4, 0.5) is 14.5 Å². The summed E-state index contributed by atoms with van der Waals surface area (Å²) in [6.07, 6.45) is 1.32.